The van der Waals surface area contributed by atoms with Gasteiger partial charge in [-0.2, -0.15) is 0 Å². The third-order valence-electron chi connectivity index (χ3n) is 4.67. The number of hydrazine groups is 1. The number of para-hydroxylation sites is 1. The van der Waals surface area contributed by atoms with E-state index in [4.69, 9.17) is 4.74 Å². The molecule has 3 rings (SSSR count). The van der Waals surface area contributed by atoms with E-state index >= 15 is 0 Å². The van der Waals surface area contributed by atoms with Crippen LogP contribution >= 0.6 is 0 Å². The molecule has 0 unspecified atom stereocenters. The molecule has 2 aromatic rings. The van der Waals surface area contributed by atoms with Gasteiger partial charge >= 0.3 is 0 Å². The van der Waals surface area contributed by atoms with Crippen LogP contribution in [0.15, 0.2) is 36.4 Å². The zero-order chi connectivity index (χ0) is 21.2. The molecular formula is C20H23N3O5S. The Kier molecular flexibility index (Phi) is 5.78. The number of anilines is 1. The Balaban J connectivity index is 1.57. The minimum Gasteiger partial charge on any atom is -0.483 e. The SMILES string of the molecule is Cc1cccc(C)c1OCC(=O)NNC(=O)c1ccc2c(c1)CCN2S(C)(=O)=O. The zero-order valence-electron chi connectivity index (χ0n) is 16.5. The lowest BCUT2D eigenvalue weighted by atomic mass is 10.1. The van der Waals surface area contributed by atoms with Gasteiger partial charge in [-0.15, -0.1) is 0 Å². The highest BCUT2D eigenvalue weighted by molar-refractivity contribution is 7.92. The Labute approximate surface area is 169 Å². The van der Waals surface area contributed by atoms with Gasteiger partial charge in [0.2, 0.25) is 10.0 Å². The molecule has 154 valence electrons. The van der Waals surface area contributed by atoms with Crippen LogP contribution in [0.25, 0.3) is 0 Å². The first kappa shape index (κ1) is 20.7. The van der Waals surface area contributed by atoms with E-state index in [1.807, 2.05) is 32.0 Å². The standard InChI is InChI=1S/C20H23N3O5S/c1-13-5-4-6-14(2)19(13)28-12-18(24)21-22-20(25)16-7-8-17-15(11-16)9-10-23(17)29(3,26)27/h4-8,11H,9-10,12H2,1-3H3,(H,21,24)(H,22,25). The molecule has 9 heteroatoms. The predicted molar refractivity (Wildman–Crippen MR) is 109 cm³/mol. The van der Waals surface area contributed by atoms with Crippen molar-refractivity contribution in [1.29, 1.82) is 0 Å². The Morgan fingerprint density at radius 3 is 2.45 bits per heavy atom. The lowest BCUT2D eigenvalue weighted by Gasteiger charge is -2.16. The molecule has 2 N–H and O–H groups in total. The van der Waals surface area contributed by atoms with E-state index in [1.165, 1.54) is 10.4 Å². The number of rotatable bonds is 5. The highest BCUT2D eigenvalue weighted by atomic mass is 32.2. The number of benzene rings is 2. The Morgan fingerprint density at radius 1 is 1.10 bits per heavy atom. The van der Waals surface area contributed by atoms with Crippen LogP contribution in [0.2, 0.25) is 0 Å². The molecule has 0 aromatic heterocycles. The van der Waals surface area contributed by atoms with Gasteiger partial charge in [-0.25, -0.2) is 8.42 Å². The van der Waals surface area contributed by atoms with Crippen molar-refractivity contribution < 1.29 is 22.7 Å². The van der Waals surface area contributed by atoms with Crippen molar-refractivity contribution in [2.45, 2.75) is 20.3 Å². The number of hydrogen-bond acceptors (Lipinski definition) is 5. The number of fused-ring (bicyclic) bond motifs is 1. The molecule has 0 saturated carbocycles. The van der Waals surface area contributed by atoms with Gasteiger partial charge in [0, 0.05) is 12.1 Å². The maximum Gasteiger partial charge on any atom is 0.276 e. The summed E-state index contributed by atoms with van der Waals surface area (Å²) in [6.07, 6.45) is 1.68. The van der Waals surface area contributed by atoms with Gasteiger partial charge in [0.25, 0.3) is 11.8 Å². The van der Waals surface area contributed by atoms with Crippen LogP contribution in [-0.2, 0) is 21.2 Å². The van der Waals surface area contributed by atoms with Crippen molar-refractivity contribution in [3.05, 3.63) is 58.7 Å². The number of aryl methyl sites for hydroxylation is 2. The van der Waals surface area contributed by atoms with E-state index in [-0.39, 0.29) is 6.61 Å². The molecular weight excluding hydrogens is 394 g/mol. The highest BCUT2D eigenvalue weighted by Gasteiger charge is 2.26. The average Bonchev–Trinajstić information content (AvgIpc) is 3.09. The maximum absolute atomic E-state index is 12.3. The smallest absolute Gasteiger partial charge is 0.276 e. The van der Waals surface area contributed by atoms with Gasteiger partial charge in [-0.1, -0.05) is 18.2 Å². The number of amides is 2. The number of nitrogens with zero attached hydrogens (tertiary/aromatic N) is 1. The highest BCUT2D eigenvalue weighted by Crippen LogP contribution is 2.30. The van der Waals surface area contributed by atoms with Gasteiger partial charge in [0.05, 0.1) is 11.9 Å². The third kappa shape index (κ3) is 4.68. The third-order valence-corrected chi connectivity index (χ3v) is 5.85. The van der Waals surface area contributed by atoms with E-state index in [2.05, 4.69) is 10.9 Å². The summed E-state index contributed by atoms with van der Waals surface area (Å²) in [5.41, 5.74) is 8.19. The normalized spacial score (nSPS) is 13.0. The minimum atomic E-state index is -3.34. The second-order valence-corrected chi connectivity index (χ2v) is 8.85. The quantitative estimate of drug-likeness (QED) is 0.717. The van der Waals surface area contributed by atoms with Crippen LogP contribution in [0.3, 0.4) is 0 Å². The molecule has 29 heavy (non-hydrogen) atoms. The second kappa shape index (κ2) is 8.12. The number of sulfonamides is 1. The van der Waals surface area contributed by atoms with Crippen LogP contribution in [0.1, 0.15) is 27.0 Å². The van der Waals surface area contributed by atoms with Gasteiger partial charge < -0.3 is 4.74 Å². The Hall–Kier alpha value is -3.07. The topological polar surface area (TPSA) is 105 Å². The second-order valence-electron chi connectivity index (χ2n) is 6.94. The number of carbonyl (C=O) groups is 2. The summed E-state index contributed by atoms with van der Waals surface area (Å²) in [6, 6.07) is 10.4. The van der Waals surface area contributed by atoms with Crippen LogP contribution in [0.4, 0.5) is 5.69 Å². The molecule has 2 amide bonds. The molecule has 1 heterocycles. The van der Waals surface area contributed by atoms with E-state index in [0.717, 1.165) is 22.9 Å². The molecule has 0 saturated heterocycles. The fourth-order valence-electron chi connectivity index (χ4n) is 3.26. The fraction of sp³-hybridized carbons (Fsp3) is 0.300. The predicted octanol–water partition coefficient (Wildman–Crippen LogP) is 1.47. The van der Waals surface area contributed by atoms with Crippen molar-refractivity contribution in [3.8, 4) is 5.75 Å². The molecule has 0 fully saturated rings. The first-order chi connectivity index (χ1) is 13.7. The summed E-state index contributed by atoms with van der Waals surface area (Å²) < 4.78 is 30.4. The largest absolute Gasteiger partial charge is 0.483 e. The van der Waals surface area contributed by atoms with Gasteiger partial charge in [-0.3, -0.25) is 24.7 Å². The zero-order valence-corrected chi connectivity index (χ0v) is 17.3. The molecule has 1 aliphatic heterocycles. The lowest BCUT2D eigenvalue weighted by molar-refractivity contribution is -0.123. The molecule has 0 atom stereocenters. The van der Waals surface area contributed by atoms with E-state index in [0.29, 0.717) is 30.0 Å². The summed E-state index contributed by atoms with van der Waals surface area (Å²) in [6.45, 7) is 3.90. The summed E-state index contributed by atoms with van der Waals surface area (Å²) in [7, 11) is -3.34. The number of hydrogen-bond donors (Lipinski definition) is 2. The van der Waals surface area contributed by atoms with Crippen molar-refractivity contribution in [1.82, 2.24) is 10.9 Å². The summed E-state index contributed by atoms with van der Waals surface area (Å²) in [4.78, 5) is 24.3. The van der Waals surface area contributed by atoms with Crippen LogP contribution in [0, 0.1) is 13.8 Å². The average molecular weight is 417 g/mol. The van der Waals surface area contributed by atoms with Crippen LogP contribution in [0.5, 0.6) is 5.75 Å². The summed E-state index contributed by atoms with van der Waals surface area (Å²) >= 11 is 0. The van der Waals surface area contributed by atoms with Crippen molar-refractivity contribution >= 4 is 27.5 Å². The van der Waals surface area contributed by atoms with E-state index in [1.54, 1.807) is 12.1 Å². The molecule has 1 aliphatic rings. The van der Waals surface area contributed by atoms with E-state index < -0.39 is 21.8 Å². The monoisotopic (exact) mass is 417 g/mol. The summed E-state index contributed by atoms with van der Waals surface area (Å²) in [5.74, 6) is -0.348. The number of ether oxygens (including phenoxy) is 1. The molecule has 8 nitrogen and oxygen atoms in total. The van der Waals surface area contributed by atoms with Gasteiger partial charge in [0.15, 0.2) is 6.61 Å². The van der Waals surface area contributed by atoms with E-state index in [9.17, 15) is 18.0 Å². The Morgan fingerprint density at radius 2 is 1.79 bits per heavy atom. The first-order valence-electron chi connectivity index (χ1n) is 9.05. The fourth-order valence-corrected chi connectivity index (χ4v) is 4.21. The van der Waals surface area contributed by atoms with Gasteiger partial charge in [0.1, 0.15) is 5.75 Å². The molecule has 2 aromatic carbocycles. The number of nitrogens with one attached hydrogen (secondary N) is 2. The van der Waals surface area contributed by atoms with Crippen molar-refractivity contribution in [3.63, 3.8) is 0 Å². The minimum absolute atomic E-state index is 0.237. The van der Waals surface area contributed by atoms with Crippen molar-refractivity contribution in [2.24, 2.45) is 0 Å². The van der Waals surface area contributed by atoms with Crippen LogP contribution in [-0.4, -0.2) is 39.6 Å². The van der Waals surface area contributed by atoms with Crippen molar-refractivity contribution in [2.75, 3.05) is 23.7 Å². The van der Waals surface area contributed by atoms with Crippen LogP contribution < -0.4 is 19.9 Å². The first-order valence-corrected chi connectivity index (χ1v) is 10.9. The molecule has 0 radical (unpaired) electrons. The molecule has 0 spiro atoms. The maximum atomic E-state index is 12.3. The Bertz CT molecular complexity index is 1050. The summed E-state index contributed by atoms with van der Waals surface area (Å²) in [5, 5.41) is 0. The molecule has 0 aliphatic carbocycles. The lowest BCUT2D eigenvalue weighted by Crippen LogP contribution is -2.43. The van der Waals surface area contributed by atoms with Gasteiger partial charge in [-0.05, 0) is 55.2 Å². The molecule has 0 bridgehead atoms. The number of carbonyl (C=O) groups excluding carboxylic acids is 2.